The zero-order valence-electron chi connectivity index (χ0n) is 16.8. The summed E-state index contributed by atoms with van der Waals surface area (Å²) in [6, 6.07) is 13.1. The van der Waals surface area contributed by atoms with Crippen LogP contribution < -0.4 is 5.32 Å². The Balaban J connectivity index is 1.99. The van der Waals surface area contributed by atoms with Crippen molar-refractivity contribution in [2.24, 2.45) is 0 Å². The summed E-state index contributed by atoms with van der Waals surface area (Å²) in [6.45, 7) is 10.2. The van der Waals surface area contributed by atoms with Crippen molar-refractivity contribution in [2.75, 3.05) is 0 Å². The number of rotatable bonds is 5. The van der Waals surface area contributed by atoms with Gasteiger partial charge in [-0.2, -0.15) is 0 Å². The third-order valence-corrected chi connectivity index (χ3v) is 4.90. The van der Waals surface area contributed by atoms with Crippen molar-refractivity contribution in [3.8, 4) is 11.1 Å². The maximum atomic E-state index is 12.4. The molecule has 0 spiro atoms. The Hall–Kier alpha value is -2.81. The Bertz CT molecular complexity index is 1010. The van der Waals surface area contributed by atoms with Crippen LogP contribution in [-0.4, -0.2) is 16.9 Å². The highest BCUT2D eigenvalue weighted by molar-refractivity contribution is 5.98. The zero-order valence-corrected chi connectivity index (χ0v) is 16.8. The first-order valence-corrected chi connectivity index (χ1v) is 9.59. The summed E-state index contributed by atoms with van der Waals surface area (Å²) >= 11 is 0. The molecule has 27 heavy (non-hydrogen) atoms. The van der Waals surface area contributed by atoms with Crippen molar-refractivity contribution >= 4 is 22.9 Å². The summed E-state index contributed by atoms with van der Waals surface area (Å²) in [5.41, 5.74) is 7.90. The van der Waals surface area contributed by atoms with E-state index in [1.807, 2.05) is 33.0 Å². The molecule has 3 rings (SSSR count). The predicted molar refractivity (Wildman–Crippen MR) is 115 cm³/mol. The van der Waals surface area contributed by atoms with E-state index < -0.39 is 0 Å². The number of amides is 1. The molecule has 0 aliphatic carbocycles. The lowest BCUT2D eigenvalue weighted by Crippen LogP contribution is -2.31. The van der Waals surface area contributed by atoms with Crippen molar-refractivity contribution in [1.29, 1.82) is 0 Å². The molecule has 0 fully saturated rings. The molecule has 140 valence electrons. The van der Waals surface area contributed by atoms with Gasteiger partial charge in [0.2, 0.25) is 5.91 Å². The molecule has 3 heteroatoms. The smallest absolute Gasteiger partial charge is 0.247 e. The van der Waals surface area contributed by atoms with Gasteiger partial charge >= 0.3 is 0 Å². The van der Waals surface area contributed by atoms with Crippen molar-refractivity contribution in [1.82, 2.24) is 10.3 Å². The van der Waals surface area contributed by atoms with Gasteiger partial charge in [-0.25, -0.2) is 0 Å². The van der Waals surface area contributed by atoms with Gasteiger partial charge in [0.25, 0.3) is 0 Å². The number of nitrogens with one attached hydrogen (secondary N) is 2. The van der Waals surface area contributed by atoms with Crippen LogP contribution in [0.1, 0.15) is 43.9 Å². The number of aromatic amines is 1. The minimum Gasteiger partial charge on any atom is -0.361 e. The third kappa shape index (κ3) is 4.13. The Morgan fingerprint density at radius 3 is 2.59 bits per heavy atom. The van der Waals surface area contributed by atoms with Crippen LogP contribution >= 0.6 is 0 Å². The third-order valence-electron chi connectivity index (χ3n) is 4.90. The van der Waals surface area contributed by atoms with Crippen LogP contribution in [0.2, 0.25) is 0 Å². The second-order valence-corrected chi connectivity index (χ2v) is 7.45. The van der Waals surface area contributed by atoms with Crippen molar-refractivity contribution in [3.05, 3.63) is 64.9 Å². The van der Waals surface area contributed by atoms with E-state index in [0.717, 1.165) is 16.7 Å². The van der Waals surface area contributed by atoms with E-state index >= 15 is 0 Å². The summed E-state index contributed by atoms with van der Waals surface area (Å²) in [5, 5.41) is 4.20. The van der Waals surface area contributed by atoms with Crippen LogP contribution in [0.5, 0.6) is 0 Å². The Kier molecular flexibility index (Phi) is 5.50. The van der Waals surface area contributed by atoms with Gasteiger partial charge in [-0.1, -0.05) is 25.1 Å². The number of aryl methyl sites for hydroxylation is 2. The number of carbonyl (C=O) groups is 1. The van der Waals surface area contributed by atoms with E-state index in [9.17, 15) is 4.79 Å². The standard InChI is InChI=1S/C24H28N2O/c1-6-18(24(27)26-15(2)3)13-21-11-17(5)22(12-16(21)4)19-7-8-23-20(14-19)9-10-25-23/h7-15,25H,6H2,1-5H3,(H,26,27)/b18-13+. The number of carbonyl (C=O) groups excluding carboxylic acids is 1. The summed E-state index contributed by atoms with van der Waals surface area (Å²) in [4.78, 5) is 15.6. The van der Waals surface area contributed by atoms with E-state index in [-0.39, 0.29) is 11.9 Å². The molecule has 1 amide bonds. The summed E-state index contributed by atoms with van der Waals surface area (Å²) in [6.07, 6.45) is 4.71. The molecule has 0 aliphatic rings. The normalized spacial score (nSPS) is 12.0. The quantitative estimate of drug-likeness (QED) is 0.557. The van der Waals surface area contributed by atoms with E-state index in [4.69, 9.17) is 0 Å². The van der Waals surface area contributed by atoms with Gasteiger partial charge in [-0.05, 0) is 91.6 Å². The molecule has 3 aromatic rings. The van der Waals surface area contributed by atoms with Gasteiger partial charge in [-0.3, -0.25) is 4.79 Å². The highest BCUT2D eigenvalue weighted by atomic mass is 16.1. The maximum Gasteiger partial charge on any atom is 0.247 e. The van der Waals surface area contributed by atoms with Crippen LogP contribution in [0, 0.1) is 13.8 Å². The molecule has 0 saturated heterocycles. The first kappa shape index (κ1) is 19.0. The summed E-state index contributed by atoms with van der Waals surface area (Å²) < 4.78 is 0. The molecule has 0 bridgehead atoms. The largest absolute Gasteiger partial charge is 0.361 e. The minimum absolute atomic E-state index is 0.0199. The van der Waals surface area contributed by atoms with Gasteiger partial charge in [0.05, 0.1) is 0 Å². The zero-order chi connectivity index (χ0) is 19.6. The summed E-state index contributed by atoms with van der Waals surface area (Å²) in [5.74, 6) is 0.0199. The van der Waals surface area contributed by atoms with E-state index in [0.29, 0.717) is 6.42 Å². The number of hydrogen-bond acceptors (Lipinski definition) is 1. The molecule has 0 unspecified atom stereocenters. The van der Waals surface area contributed by atoms with Gasteiger partial charge in [0.15, 0.2) is 0 Å². The molecule has 2 aromatic carbocycles. The highest BCUT2D eigenvalue weighted by Crippen LogP contribution is 2.30. The topological polar surface area (TPSA) is 44.9 Å². The molecule has 0 atom stereocenters. The minimum atomic E-state index is 0.0199. The molecule has 3 nitrogen and oxygen atoms in total. The van der Waals surface area contributed by atoms with E-state index in [1.165, 1.54) is 27.6 Å². The number of H-pyrrole nitrogens is 1. The molecule has 1 aromatic heterocycles. The molecule has 0 aliphatic heterocycles. The second kappa shape index (κ2) is 7.83. The van der Waals surface area contributed by atoms with Gasteiger partial charge < -0.3 is 10.3 Å². The Morgan fingerprint density at radius 1 is 1.11 bits per heavy atom. The Labute approximate surface area is 161 Å². The van der Waals surface area contributed by atoms with Crippen LogP contribution in [-0.2, 0) is 4.79 Å². The lowest BCUT2D eigenvalue weighted by molar-refractivity contribution is -0.118. The van der Waals surface area contributed by atoms with E-state index in [1.54, 1.807) is 0 Å². The average molecular weight is 361 g/mol. The van der Waals surface area contributed by atoms with Gasteiger partial charge in [0.1, 0.15) is 0 Å². The fraction of sp³-hybridized carbons (Fsp3) is 0.292. The fourth-order valence-electron chi connectivity index (χ4n) is 3.40. The molecule has 2 N–H and O–H groups in total. The lowest BCUT2D eigenvalue weighted by Gasteiger charge is -2.13. The first-order valence-electron chi connectivity index (χ1n) is 9.59. The second-order valence-electron chi connectivity index (χ2n) is 7.45. The van der Waals surface area contributed by atoms with E-state index in [2.05, 4.69) is 60.5 Å². The van der Waals surface area contributed by atoms with Gasteiger partial charge in [0, 0.05) is 23.3 Å². The lowest BCUT2D eigenvalue weighted by atomic mass is 9.93. The predicted octanol–water partition coefficient (Wildman–Crippen LogP) is 5.77. The summed E-state index contributed by atoms with van der Waals surface area (Å²) in [7, 11) is 0. The molecule has 0 radical (unpaired) electrons. The van der Waals surface area contributed by atoms with Crippen molar-refractivity contribution < 1.29 is 4.79 Å². The van der Waals surface area contributed by atoms with Crippen LogP contribution in [0.25, 0.3) is 28.1 Å². The van der Waals surface area contributed by atoms with Gasteiger partial charge in [-0.15, -0.1) is 0 Å². The Morgan fingerprint density at radius 2 is 1.89 bits per heavy atom. The number of fused-ring (bicyclic) bond motifs is 1. The molecular weight excluding hydrogens is 332 g/mol. The van der Waals surface area contributed by atoms with Crippen molar-refractivity contribution in [3.63, 3.8) is 0 Å². The highest BCUT2D eigenvalue weighted by Gasteiger charge is 2.11. The van der Waals surface area contributed by atoms with Crippen LogP contribution in [0.3, 0.4) is 0 Å². The van der Waals surface area contributed by atoms with Crippen molar-refractivity contribution in [2.45, 2.75) is 47.1 Å². The first-order chi connectivity index (χ1) is 12.9. The number of hydrogen-bond donors (Lipinski definition) is 2. The maximum absolute atomic E-state index is 12.4. The SMILES string of the molecule is CC/C(=C\c1cc(C)c(-c2ccc3[nH]ccc3c2)cc1C)C(=O)NC(C)C. The number of benzene rings is 2. The average Bonchev–Trinajstić information content (AvgIpc) is 3.09. The van der Waals surface area contributed by atoms with Crippen LogP contribution in [0.4, 0.5) is 0 Å². The number of aromatic nitrogens is 1. The molecule has 1 heterocycles. The molecule has 0 saturated carbocycles. The monoisotopic (exact) mass is 360 g/mol. The fourth-order valence-corrected chi connectivity index (χ4v) is 3.40. The van der Waals surface area contributed by atoms with Crippen LogP contribution in [0.15, 0.2) is 48.2 Å². The molecular formula is C24H28N2O.